The highest BCUT2D eigenvalue weighted by Crippen LogP contribution is 2.30. The first-order valence-electron chi connectivity index (χ1n) is 6.12. The summed E-state index contributed by atoms with van der Waals surface area (Å²) in [5.41, 5.74) is 6.72. The van der Waals surface area contributed by atoms with Gasteiger partial charge in [-0.15, -0.1) is 12.4 Å². The van der Waals surface area contributed by atoms with Crippen molar-refractivity contribution in [3.05, 3.63) is 33.8 Å². The molecule has 1 aliphatic rings. The predicted octanol–water partition coefficient (Wildman–Crippen LogP) is 3.14. The monoisotopic (exact) mass is 324 g/mol. The molecule has 0 saturated carbocycles. The Morgan fingerprint density at radius 1 is 1.47 bits per heavy atom. The largest absolute Gasteiger partial charge is 0.374 e. The van der Waals surface area contributed by atoms with Crippen molar-refractivity contribution in [2.24, 2.45) is 5.73 Å². The first-order chi connectivity index (χ1) is 8.61. The van der Waals surface area contributed by atoms with Gasteiger partial charge in [0.15, 0.2) is 0 Å². The minimum absolute atomic E-state index is 0. The van der Waals surface area contributed by atoms with Crippen LogP contribution < -0.4 is 5.73 Å². The van der Waals surface area contributed by atoms with Crippen LogP contribution in [0.1, 0.15) is 18.5 Å². The minimum Gasteiger partial charge on any atom is -0.374 e. The number of hydrogen-bond donors (Lipinski definition) is 1. The molecule has 2 unspecified atom stereocenters. The SMILES string of the molecule is CC(c1cc(Cl)ccc1Cl)N1CCOC(CN)C1.Cl. The second-order valence-electron chi connectivity index (χ2n) is 4.57. The number of hydrogen-bond acceptors (Lipinski definition) is 3. The summed E-state index contributed by atoms with van der Waals surface area (Å²) < 4.78 is 5.57. The molecule has 6 heteroatoms. The van der Waals surface area contributed by atoms with Crippen LogP contribution in [0.4, 0.5) is 0 Å². The van der Waals surface area contributed by atoms with Crippen molar-refractivity contribution < 1.29 is 4.74 Å². The third-order valence-electron chi connectivity index (χ3n) is 3.39. The summed E-state index contributed by atoms with van der Waals surface area (Å²) in [5, 5.41) is 1.47. The molecule has 1 fully saturated rings. The number of rotatable bonds is 3. The third kappa shape index (κ3) is 4.22. The number of ether oxygens (including phenoxy) is 1. The van der Waals surface area contributed by atoms with Gasteiger partial charge in [-0.25, -0.2) is 0 Å². The fourth-order valence-corrected chi connectivity index (χ4v) is 2.72. The van der Waals surface area contributed by atoms with E-state index in [1.165, 1.54) is 0 Å². The molecule has 0 radical (unpaired) electrons. The van der Waals surface area contributed by atoms with Gasteiger partial charge < -0.3 is 10.5 Å². The molecule has 0 aliphatic carbocycles. The predicted molar refractivity (Wildman–Crippen MR) is 82.5 cm³/mol. The highest BCUT2D eigenvalue weighted by Gasteiger charge is 2.25. The van der Waals surface area contributed by atoms with E-state index in [1.807, 2.05) is 18.2 Å². The van der Waals surface area contributed by atoms with E-state index in [9.17, 15) is 0 Å². The number of benzene rings is 1. The van der Waals surface area contributed by atoms with Gasteiger partial charge in [-0.2, -0.15) is 0 Å². The lowest BCUT2D eigenvalue weighted by Gasteiger charge is -2.37. The summed E-state index contributed by atoms with van der Waals surface area (Å²) in [7, 11) is 0. The van der Waals surface area contributed by atoms with E-state index in [0.29, 0.717) is 18.2 Å². The van der Waals surface area contributed by atoms with E-state index < -0.39 is 0 Å². The quantitative estimate of drug-likeness (QED) is 0.928. The number of nitrogens with two attached hydrogens (primary N) is 1. The van der Waals surface area contributed by atoms with Crippen LogP contribution in [0.25, 0.3) is 0 Å². The van der Waals surface area contributed by atoms with Gasteiger partial charge in [0.05, 0.1) is 12.7 Å². The number of nitrogens with zero attached hydrogens (tertiary/aromatic N) is 1. The average molecular weight is 326 g/mol. The van der Waals surface area contributed by atoms with Crippen molar-refractivity contribution in [1.82, 2.24) is 4.90 Å². The first kappa shape index (κ1) is 17.0. The molecule has 1 aromatic carbocycles. The molecule has 0 bridgehead atoms. The second-order valence-corrected chi connectivity index (χ2v) is 5.41. The molecular weight excluding hydrogens is 307 g/mol. The van der Waals surface area contributed by atoms with Crippen LogP contribution in [0.2, 0.25) is 10.0 Å². The van der Waals surface area contributed by atoms with Crippen LogP contribution in [0, 0.1) is 0 Å². The molecule has 108 valence electrons. The molecule has 0 spiro atoms. The Bertz CT molecular complexity index is 417. The van der Waals surface area contributed by atoms with Crippen LogP contribution in [0.3, 0.4) is 0 Å². The maximum Gasteiger partial charge on any atom is 0.0824 e. The molecule has 2 rings (SSSR count). The second kappa shape index (κ2) is 7.67. The Morgan fingerprint density at radius 3 is 2.89 bits per heavy atom. The van der Waals surface area contributed by atoms with Crippen LogP contribution >= 0.6 is 35.6 Å². The Balaban J connectivity index is 0.00000180. The summed E-state index contributed by atoms with van der Waals surface area (Å²) in [6.45, 7) is 5.12. The molecule has 1 aliphatic heterocycles. The van der Waals surface area contributed by atoms with Crippen LogP contribution in [-0.4, -0.2) is 37.2 Å². The van der Waals surface area contributed by atoms with Gasteiger partial charge >= 0.3 is 0 Å². The minimum atomic E-state index is 0. The lowest BCUT2D eigenvalue weighted by molar-refractivity contribution is -0.0364. The molecular formula is C13H19Cl3N2O. The molecule has 2 atom stereocenters. The van der Waals surface area contributed by atoms with Crippen molar-refractivity contribution in [2.45, 2.75) is 19.1 Å². The van der Waals surface area contributed by atoms with Gasteiger partial charge in [0, 0.05) is 35.7 Å². The fourth-order valence-electron chi connectivity index (χ4n) is 2.27. The molecule has 2 N–H and O–H groups in total. The maximum absolute atomic E-state index is 6.24. The Kier molecular flexibility index (Phi) is 6.87. The van der Waals surface area contributed by atoms with Crippen molar-refractivity contribution in [3.63, 3.8) is 0 Å². The van der Waals surface area contributed by atoms with Crippen molar-refractivity contribution in [2.75, 3.05) is 26.2 Å². The van der Waals surface area contributed by atoms with Crippen LogP contribution in [0.15, 0.2) is 18.2 Å². The van der Waals surface area contributed by atoms with Crippen molar-refractivity contribution >= 4 is 35.6 Å². The van der Waals surface area contributed by atoms with Gasteiger partial charge in [-0.3, -0.25) is 4.90 Å². The summed E-state index contributed by atoms with van der Waals surface area (Å²) in [6, 6.07) is 5.80. The van der Waals surface area contributed by atoms with Gasteiger partial charge in [-0.1, -0.05) is 23.2 Å². The zero-order valence-electron chi connectivity index (χ0n) is 10.8. The van der Waals surface area contributed by atoms with Gasteiger partial charge in [-0.05, 0) is 30.7 Å². The van der Waals surface area contributed by atoms with E-state index >= 15 is 0 Å². The van der Waals surface area contributed by atoms with Gasteiger partial charge in [0.25, 0.3) is 0 Å². The van der Waals surface area contributed by atoms with Gasteiger partial charge in [0.1, 0.15) is 0 Å². The summed E-state index contributed by atoms with van der Waals surface area (Å²) in [4.78, 5) is 2.33. The van der Waals surface area contributed by atoms with Crippen molar-refractivity contribution in [1.29, 1.82) is 0 Å². The van der Waals surface area contributed by atoms with E-state index in [1.54, 1.807) is 0 Å². The molecule has 1 aromatic rings. The Labute approximate surface area is 130 Å². The molecule has 0 aromatic heterocycles. The van der Waals surface area contributed by atoms with Crippen molar-refractivity contribution in [3.8, 4) is 0 Å². The molecule has 1 heterocycles. The maximum atomic E-state index is 6.24. The summed E-state index contributed by atoms with van der Waals surface area (Å²) in [6.07, 6.45) is 0.110. The normalized spacial score (nSPS) is 21.8. The van der Waals surface area contributed by atoms with E-state index in [4.69, 9.17) is 33.7 Å². The lowest BCUT2D eigenvalue weighted by atomic mass is 10.1. The van der Waals surface area contributed by atoms with E-state index in [2.05, 4.69) is 11.8 Å². The van der Waals surface area contributed by atoms with E-state index in [0.717, 1.165) is 23.7 Å². The third-order valence-corrected chi connectivity index (χ3v) is 3.97. The lowest BCUT2D eigenvalue weighted by Crippen LogP contribution is -2.46. The fraction of sp³-hybridized carbons (Fsp3) is 0.538. The zero-order valence-corrected chi connectivity index (χ0v) is 13.1. The van der Waals surface area contributed by atoms with E-state index in [-0.39, 0.29) is 24.6 Å². The first-order valence-corrected chi connectivity index (χ1v) is 6.88. The summed E-state index contributed by atoms with van der Waals surface area (Å²) in [5.74, 6) is 0. The topological polar surface area (TPSA) is 38.5 Å². The average Bonchev–Trinajstić information content (AvgIpc) is 2.41. The highest BCUT2D eigenvalue weighted by atomic mass is 35.5. The Morgan fingerprint density at radius 2 is 2.21 bits per heavy atom. The molecule has 19 heavy (non-hydrogen) atoms. The summed E-state index contributed by atoms with van der Waals surface area (Å²) >= 11 is 12.3. The number of morpholine rings is 1. The Hall–Kier alpha value is -0.0300. The molecule has 0 amide bonds. The smallest absolute Gasteiger partial charge is 0.0824 e. The molecule has 3 nitrogen and oxygen atoms in total. The van der Waals surface area contributed by atoms with Crippen LogP contribution in [-0.2, 0) is 4.74 Å². The van der Waals surface area contributed by atoms with Gasteiger partial charge in [0.2, 0.25) is 0 Å². The van der Waals surface area contributed by atoms with Crippen LogP contribution in [0.5, 0.6) is 0 Å². The number of halogens is 3. The highest BCUT2D eigenvalue weighted by molar-refractivity contribution is 6.33. The zero-order chi connectivity index (χ0) is 13.1. The molecule has 1 saturated heterocycles. The standard InChI is InChI=1S/C13H18Cl2N2O.ClH/c1-9(12-6-10(14)2-3-13(12)15)17-4-5-18-11(7-16)8-17;/h2-3,6,9,11H,4-5,7-8,16H2,1H3;1H.